The number of halogens is 1. The summed E-state index contributed by atoms with van der Waals surface area (Å²) in [5.41, 5.74) is 0. The number of nitrogens with zero attached hydrogens (tertiary/aromatic N) is 2. The summed E-state index contributed by atoms with van der Waals surface area (Å²) in [4.78, 5) is 0.684. The SMILES string of the molecule is O=S(=O)(c1cn[nH]c1)N1CCC(Br)CC1. The maximum Gasteiger partial charge on any atom is 0.246 e. The average molecular weight is 294 g/mol. The minimum atomic E-state index is -3.32. The van der Waals surface area contributed by atoms with Crippen LogP contribution in [0, 0.1) is 0 Å². The Morgan fingerprint density at radius 1 is 1.47 bits per heavy atom. The van der Waals surface area contributed by atoms with Gasteiger partial charge in [0.25, 0.3) is 0 Å². The quantitative estimate of drug-likeness (QED) is 0.826. The van der Waals surface area contributed by atoms with Gasteiger partial charge in [-0.25, -0.2) is 8.42 Å². The van der Waals surface area contributed by atoms with Crippen LogP contribution < -0.4 is 0 Å². The number of aromatic amines is 1. The number of hydrogen-bond acceptors (Lipinski definition) is 3. The van der Waals surface area contributed by atoms with E-state index in [4.69, 9.17) is 0 Å². The smallest absolute Gasteiger partial charge is 0.246 e. The number of H-pyrrole nitrogens is 1. The van der Waals surface area contributed by atoms with Crippen molar-refractivity contribution in [3.05, 3.63) is 12.4 Å². The molecule has 2 rings (SSSR count). The average Bonchev–Trinajstić information content (AvgIpc) is 2.71. The zero-order chi connectivity index (χ0) is 10.9. The van der Waals surface area contributed by atoms with Crippen LogP contribution in [0.25, 0.3) is 0 Å². The molecule has 0 aromatic carbocycles. The molecule has 0 atom stereocenters. The first-order chi connectivity index (χ1) is 7.10. The normalized spacial score (nSPS) is 20.6. The van der Waals surface area contributed by atoms with Gasteiger partial charge in [0, 0.05) is 24.1 Å². The van der Waals surface area contributed by atoms with Gasteiger partial charge in [0.1, 0.15) is 4.90 Å². The lowest BCUT2D eigenvalue weighted by atomic mass is 10.2. The molecular formula is C8H12BrN3O2S. The fraction of sp³-hybridized carbons (Fsp3) is 0.625. The van der Waals surface area contributed by atoms with Crippen LogP contribution in [0.5, 0.6) is 0 Å². The molecule has 1 aliphatic heterocycles. The van der Waals surface area contributed by atoms with Crippen molar-refractivity contribution in [1.82, 2.24) is 14.5 Å². The summed E-state index contributed by atoms with van der Waals surface area (Å²) < 4.78 is 25.5. The lowest BCUT2D eigenvalue weighted by Gasteiger charge is -2.28. The standard InChI is InChI=1S/C8H12BrN3O2S/c9-7-1-3-12(4-2-7)15(13,14)8-5-10-11-6-8/h5-7H,1-4H2,(H,10,11). The topological polar surface area (TPSA) is 66.1 Å². The largest absolute Gasteiger partial charge is 0.284 e. The molecule has 1 aromatic rings. The molecule has 0 amide bonds. The number of aromatic nitrogens is 2. The fourth-order valence-electron chi connectivity index (χ4n) is 1.59. The van der Waals surface area contributed by atoms with Gasteiger partial charge in [-0.2, -0.15) is 9.40 Å². The van der Waals surface area contributed by atoms with E-state index >= 15 is 0 Å². The van der Waals surface area contributed by atoms with Crippen molar-refractivity contribution in [3.8, 4) is 0 Å². The molecule has 0 aliphatic carbocycles. The lowest BCUT2D eigenvalue weighted by molar-refractivity contribution is 0.354. The van der Waals surface area contributed by atoms with E-state index < -0.39 is 10.0 Å². The Morgan fingerprint density at radius 2 is 2.13 bits per heavy atom. The van der Waals surface area contributed by atoms with Crippen LogP contribution in [-0.2, 0) is 10.0 Å². The van der Waals surface area contributed by atoms with Crippen molar-refractivity contribution in [1.29, 1.82) is 0 Å². The summed E-state index contributed by atoms with van der Waals surface area (Å²) in [6, 6.07) is 0. The Bertz CT molecular complexity index is 409. The van der Waals surface area contributed by atoms with Gasteiger partial charge < -0.3 is 0 Å². The summed E-state index contributed by atoms with van der Waals surface area (Å²) in [7, 11) is -3.32. The molecule has 1 fully saturated rings. The second-order valence-corrected chi connectivity index (χ2v) is 6.75. The molecule has 15 heavy (non-hydrogen) atoms. The molecule has 1 N–H and O–H groups in total. The number of piperidine rings is 1. The first kappa shape index (κ1) is 11.1. The summed E-state index contributed by atoms with van der Waals surface area (Å²) in [6.45, 7) is 1.15. The lowest BCUT2D eigenvalue weighted by Crippen LogP contribution is -2.38. The summed E-state index contributed by atoms with van der Waals surface area (Å²) in [6.07, 6.45) is 4.47. The van der Waals surface area contributed by atoms with Crippen molar-refractivity contribution >= 4 is 26.0 Å². The van der Waals surface area contributed by atoms with Gasteiger partial charge in [-0.15, -0.1) is 0 Å². The third kappa shape index (κ3) is 2.24. The highest BCUT2D eigenvalue weighted by molar-refractivity contribution is 9.09. The van der Waals surface area contributed by atoms with Crippen molar-refractivity contribution < 1.29 is 8.42 Å². The van der Waals surface area contributed by atoms with Gasteiger partial charge in [0.15, 0.2) is 0 Å². The Kier molecular flexibility index (Phi) is 3.13. The van der Waals surface area contributed by atoms with Crippen LogP contribution in [0.3, 0.4) is 0 Å². The Morgan fingerprint density at radius 3 is 2.67 bits per heavy atom. The van der Waals surface area contributed by atoms with Gasteiger partial charge in [-0.3, -0.25) is 5.10 Å². The second-order valence-electron chi connectivity index (χ2n) is 3.51. The molecule has 7 heteroatoms. The molecule has 5 nitrogen and oxygen atoms in total. The van der Waals surface area contributed by atoms with E-state index in [1.165, 1.54) is 16.7 Å². The molecule has 0 spiro atoms. The zero-order valence-electron chi connectivity index (χ0n) is 8.06. The van der Waals surface area contributed by atoms with Crippen LogP contribution in [-0.4, -0.2) is 40.8 Å². The molecule has 0 radical (unpaired) electrons. The summed E-state index contributed by atoms with van der Waals surface area (Å²) >= 11 is 3.49. The minimum absolute atomic E-state index is 0.246. The molecule has 0 unspecified atom stereocenters. The first-order valence-corrected chi connectivity index (χ1v) is 7.09. The van der Waals surface area contributed by atoms with Crippen molar-refractivity contribution in [2.45, 2.75) is 22.6 Å². The minimum Gasteiger partial charge on any atom is -0.284 e. The van der Waals surface area contributed by atoms with Crippen LogP contribution >= 0.6 is 15.9 Å². The van der Waals surface area contributed by atoms with E-state index in [9.17, 15) is 8.42 Å². The maximum absolute atomic E-state index is 12.0. The van der Waals surface area contributed by atoms with Gasteiger partial charge >= 0.3 is 0 Å². The zero-order valence-corrected chi connectivity index (χ0v) is 10.5. The predicted octanol–water partition coefficient (Wildman–Crippen LogP) is 0.958. The molecule has 2 heterocycles. The van der Waals surface area contributed by atoms with Gasteiger partial charge in [-0.1, -0.05) is 15.9 Å². The van der Waals surface area contributed by atoms with E-state index in [1.54, 1.807) is 0 Å². The second kappa shape index (κ2) is 4.23. The first-order valence-electron chi connectivity index (χ1n) is 4.74. The number of alkyl halides is 1. The Balaban J connectivity index is 2.17. The highest BCUT2D eigenvalue weighted by atomic mass is 79.9. The number of rotatable bonds is 2. The molecular weight excluding hydrogens is 282 g/mol. The number of nitrogens with one attached hydrogen (secondary N) is 1. The Hall–Kier alpha value is -0.400. The van der Waals surface area contributed by atoms with Crippen molar-refractivity contribution in [2.24, 2.45) is 0 Å². The summed E-state index contributed by atoms with van der Waals surface area (Å²) in [5.74, 6) is 0. The molecule has 0 bridgehead atoms. The highest BCUT2D eigenvalue weighted by Gasteiger charge is 2.28. The number of hydrogen-bond donors (Lipinski definition) is 1. The molecule has 1 aromatic heterocycles. The third-order valence-corrected chi connectivity index (χ3v) is 5.27. The molecule has 1 aliphatic rings. The van der Waals surface area contributed by atoms with Crippen molar-refractivity contribution in [2.75, 3.05) is 13.1 Å². The maximum atomic E-state index is 12.0. The van der Waals surface area contributed by atoms with E-state index in [2.05, 4.69) is 26.1 Å². The molecule has 1 saturated heterocycles. The monoisotopic (exact) mass is 293 g/mol. The van der Waals surface area contributed by atoms with E-state index in [-0.39, 0.29) is 4.90 Å². The van der Waals surface area contributed by atoms with Crippen LogP contribution in [0.2, 0.25) is 0 Å². The van der Waals surface area contributed by atoms with Crippen LogP contribution in [0.4, 0.5) is 0 Å². The fourth-order valence-corrected chi connectivity index (χ4v) is 3.38. The van der Waals surface area contributed by atoms with E-state index in [0.29, 0.717) is 17.9 Å². The molecule has 84 valence electrons. The third-order valence-electron chi connectivity index (χ3n) is 2.49. The highest BCUT2D eigenvalue weighted by Crippen LogP contribution is 2.22. The Labute approximate surface area is 97.0 Å². The van der Waals surface area contributed by atoms with Crippen LogP contribution in [0.15, 0.2) is 17.3 Å². The van der Waals surface area contributed by atoms with E-state index in [0.717, 1.165) is 12.8 Å². The number of sulfonamides is 1. The van der Waals surface area contributed by atoms with Gasteiger partial charge in [-0.05, 0) is 12.8 Å². The van der Waals surface area contributed by atoms with Gasteiger partial charge in [0.2, 0.25) is 10.0 Å². The van der Waals surface area contributed by atoms with Gasteiger partial charge in [0.05, 0.1) is 6.20 Å². The van der Waals surface area contributed by atoms with Crippen LogP contribution in [0.1, 0.15) is 12.8 Å². The van der Waals surface area contributed by atoms with E-state index in [1.807, 2.05) is 0 Å². The van der Waals surface area contributed by atoms with Crippen molar-refractivity contribution in [3.63, 3.8) is 0 Å². The summed E-state index contributed by atoms with van der Waals surface area (Å²) in [5, 5.41) is 6.18. The molecule has 0 saturated carbocycles. The predicted molar refractivity (Wildman–Crippen MR) is 59.3 cm³/mol.